The second-order valence-corrected chi connectivity index (χ2v) is 8.79. The Bertz CT molecular complexity index is 1380. The van der Waals surface area contributed by atoms with Crippen molar-refractivity contribution in [1.82, 2.24) is 13.9 Å². The van der Waals surface area contributed by atoms with Crippen LogP contribution in [-0.2, 0) is 11.3 Å². The summed E-state index contributed by atoms with van der Waals surface area (Å²) in [5, 5.41) is 0.558. The fraction of sp³-hybridized carbons (Fsp3) is 0.261. The molecule has 4 aromatic rings. The smallest absolute Gasteiger partial charge is 0.262 e. The summed E-state index contributed by atoms with van der Waals surface area (Å²) in [6.07, 6.45) is 0. The van der Waals surface area contributed by atoms with Crippen LogP contribution < -0.4 is 5.56 Å². The molecule has 0 fully saturated rings. The quantitative estimate of drug-likeness (QED) is 0.418. The summed E-state index contributed by atoms with van der Waals surface area (Å²) in [4.78, 5) is 29.1. The number of benzene rings is 2. The Kier molecular flexibility index (Phi) is 5.58. The molecule has 0 aliphatic carbocycles. The molecule has 0 radical (unpaired) electrons. The highest BCUT2D eigenvalue weighted by Gasteiger charge is 2.21. The summed E-state index contributed by atoms with van der Waals surface area (Å²) >= 11 is 7.20. The second-order valence-electron chi connectivity index (χ2n) is 7.15. The van der Waals surface area contributed by atoms with Crippen LogP contribution in [0.15, 0.2) is 53.3 Å². The zero-order valence-electron chi connectivity index (χ0n) is 17.2. The number of likely N-dealkylation sites (N-methyl/N-ethyl adjacent to an activating group) is 1. The molecule has 0 spiro atoms. The van der Waals surface area contributed by atoms with Gasteiger partial charge in [-0.15, -0.1) is 11.3 Å². The van der Waals surface area contributed by atoms with E-state index in [1.54, 1.807) is 15.5 Å². The Morgan fingerprint density at radius 3 is 2.43 bits per heavy atom. The van der Waals surface area contributed by atoms with Gasteiger partial charge in [-0.25, -0.2) is 0 Å². The van der Waals surface area contributed by atoms with E-state index in [-0.39, 0.29) is 18.0 Å². The summed E-state index contributed by atoms with van der Waals surface area (Å²) in [5.41, 5.74) is 3.40. The lowest BCUT2D eigenvalue weighted by Crippen LogP contribution is -2.37. The topological polar surface area (TPSA) is 46.7 Å². The first-order valence-electron chi connectivity index (χ1n) is 9.98. The summed E-state index contributed by atoms with van der Waals surface area (Å²) in [6, 6.07) is 15.5. The third kappa shape index (κ3) is 3.28. The van der Waals surface area contributed by atoms with Gasteiger partial charge >= 0.3 is 0 Å². The van der Waals surface area contributed by atoms with Gasteiger partial charge in [-0.1, -0.05) is 36.4 Å². The van der Waals surface area contributed by atoms with Crippen LogP contribution in [0, 0.1) is 10.9 Å². The van der Waals surface area contributed by atoms with Crippen LogP contribution in [0.2, 0.25) is 0 Å². The first-order valence-corrected chi connectivity index (χ1v) is 11.2. The van der Waals surface area contributed by atoms with Crippen molar-refractivity contribution in [2.75, 3.05) is 13.1 Å². The van der Waals surface area contributed by atoms with Crippen molar-refractivity contribution in [1.29, 1.82) is 0 Å². The van der Waals surface area contributed by atoms with Crippen molar-refractivity contribution < 1.29 is 4.79 Å². The number of hydrogen-bond donors (Lipinski definition) is 0. The number of carbonyl (C=O) groups excluding carboxylic acids is 1. The molecule has 2 heterocycles. The molecule has 0 unspecified atom stereocenters. The number of thiazole rings is 1. The van der Waals surface area contributed by atoms with Crippen LogP contribution in [0.5, 0.6) is 0 Å². The molecule has 5 nitrogen and oxygen atoms in total. The third-order valence-corrected chi connectivity index (χ3v) is 6.86. The van der Waals surface area contributed by atoms with E-state index in [1.807, 2.05) is 67.6 Å². The van der Waals surface area contributed by atoms with Gasteiger partial charge in [-0.3, -0.25) is 18.6 Å². The van der Waals surface area contributed by atoms with E-state index >= 15 is 0 Å². The molecular formula is C23H23N3O2S2. The van der Waals surface area contributed by atoms with Gasteiger partial charge < -0.3 is 4.90 Å². The molecule has 154 valence electrons. The predicted octanol–water partition coefficient (Wildman–Crippen LogP) is 4.89. The minimum absolute atomic E-state index is 0.0146. The van der Waals surface area contributed by atoms with E-state index < -0.39 is 0 Å². The van der Waals surface area contributed by atoms with E-state index in [0.717, 1.165) is 21.5 Å². The molecule has 0 aliphatic rings. The molecule has 0 saturated heterocycles. The number of amides is 1. The van der Waals surface area contributed by atoms with Crippen LogP contribution in [0.1, 0.15) is 19.4 Å². The maximum Gasteiger partial charge on any atom is 0.262 e. The summed E-state index contributed by atoms with van der Waals surface area (Å²) < 4.78 is 4.19. The molecule has 30 heavy (non-hydrogen) atoms. The van der Waals surface area contributed by atoms with Crippen molar-refractivity contribution in [3.63, 3.8) is 0 Å². The maximum atomic E-state index is 13.5. The predicted molar refractivity (Wildman–Crippen MR) is 126 cm³/mol. The molecule has 1 amide bonds. The van der Waals surface area contributed by atoms with Crippen molar-refractivity contribution in [2.24, 2.45) is 0 Å². The van der Waals surface area contributed by atoms with E-state index in [9.17, 15) is 9.59 Å². The summed E-state index contributed by atoms with van der Waals surface area (Å²) in [5.74, 6) is -0.0767. The second kappa shape index (κ2) is 8.16. The van der Waals surface area contributed by atoms with Crippen molar-refractivity contribution in [2.45, 2.75) is 27.3 Å². The molecule has 2 aromatic heterocycles. The molecule has 4 rings (SSSR count). The molecule has 0 atom stereocenters. The van der Waals surface area contributed by atoms with Gasteiger partial charge in [0.1, 0.15) is 12.2 Å². The monoisotopic (exact) mass is 437 g/mol. The number of para-hydroxylation sites is 1. The number of fused-ring (bicyclic) bond motifs is 3. The molecule has 0 N–H and O–H groups in total. The van der Waals surface area contributed by atoms with Gasteiger partial charge in [-0.05, 0) is 56.2 Å². The zero-order valence-corrected chi connectivity index (χ0v) is 18.8. The van der Waals surface area contributed by atoms with Gasteiger partial charge in [0.05, 0.1) is 15.8 Å². The first kappa shape index (κ1) is 20.5. The number of hydrogen-bond acceptors (Lipinski definition) is 4. The minimum atomic E-state index is -0.172. The average Bonchev–Trinajstić information content (AvgIpc) is 3.09. The van der Waals surface area contributed by atoms with E-state index in [2.05, 4.69) is 0 Å². The molecule has 0 aliphatic heterocycles. The van der Waals surface area contributed by atoms with Gasteiger partial charge in [-0.2, -0.15) is 0 Å². The largest absolute Gasteiger partial charge is 0.342 e. The van der Waals surface area contributed by atoms with Crippen LogP contribution in [0.25, 0.3) is 27.0 Å². The number of aromatic nitrogens is 2. The number of aryl methyl sites for hydroxylation is 1. The van der Waals surface area contributed by atoms with Gasteiger partial charge in [0.15, 0.2) is 3.95 Å². The first-order chi connectivity index (χ1) is 14.5. The Labute approximate surface area is 183 Å². The van der Waals surface area contributed by atoms with Crippen LogP contribution >= 0.6 is 23.6 Å². The highest BCUT2D eigenvalue weighted by Crippen LogP contribution is 2.34. The standard InChI is InChI=1S/C23H23N3O2S2/c1-4-24(5-2)19(27)14-25-21-20(16-11-7-6-10-15(16)3)30-23(29)26(21)18-13-9-8-12-17(18)22(25)28/h6-13H,4-5,14H2,1-3H3. The fourth-order valence-corrected chi connectivity index (χ4v) is 5.39. The number of rotatable bonds is 5. The number of nitrogens with zero attached hydrogens (tertiary/aromatic N) is 3. The highest BCUT2D eigenvalue weighted by molar-refractivity contribution is 7.73. The molecular weight excluding hydrogens is 414 g/mol. The molecule has 0 saturated carbocycles. The minimum Gasteiger partial charge on any atom is -0.342 e. The fourth-order valence-electron chi connectivity index (χ4n) is 3.87. The van der Waals surface area contributed by atoms with E-state index in [1.165, 1.54) is 11.3 Å². The van der Waals surface area contributed by atoms with Crippen molar-refractivity contribution >= 4 is 46.0 Å². The lowest BCUT2D eigenvalue weighted by atomic mass is 10.1. The lowest BCUT2D eigenvalue weighted by Gasteiger charge is -2.20. The number of carbonyl (C=O) groups is 1. The van der Waals surface area contributed by atoms with Crippen LogP contribution in [-0.4, -0.2) is 32.9 Å². The normalized spacial score (nSPS) is 11.3. The maximum absolute atomic E-state index is 13.5. The van der Waals surface area contributed by atoms with Crippen molar-refractivity contribution in [3.8, 4) is 10.4 Å². The molecule has 0 bridgehead atoms. The third-order valence-electron chi connectivity index (χ3n) is 5.46. The highest BCUT2D eigenvalue weighted by atomic mass is 32.1. The SMILES string of the molecule is CCN(CC)C(=O)Cn1c(=O)c2ccccc2n2c(=S)sc(-c3ccccc3C)c12. The Hall–Kier alpha value is -2.77. The van der Waals surface area contributed by atoms with E-state index in [0.29, 0.717) is 28.1 Å². The Morgan fingerprint density at radius 2 is 1.73 bits per heavy atom. The van der Waals surface area contributed by atoms with Crippen LogP contribution in [0.4, 0.5) is 0 Å². The Morgan fingerprint density at radius 1 is 1.07 bits per heavy atom. The Balaban J connectivity index is 2.12. The zero-order chi connectivity index (χ0) is 21.4. The average molecular weight is 438 g/mol. The van der Waals surface area contributed by atoms with E-state index in [4.69, 9.17) is 12.2 Å². The summed E-state index contributed by atoms with van der Waals surface area (Å²) in [6.45, 7) is 7.13. The van der Waals surface area contributed by atoms with Crippen LogP contribution in [0.3, 0.4) is 0 Å². The summed E-state index contributed by atoms with van der Waals surface area (Å²) in [7, 11) is 0. The van der Waals surface area contributed by atoms with Gasteiger partial charge in [0.25, 0.3) is 5.56 Å². The van der Waals surface area contributed by atoms with Gasteiger partial charge in [0.2, 0.25) is 5.91 Å². The lowest BCUT2D eigenvalue weighted by molar-refractivity contribution is -0.131. The van der Waals surface area contributed by atoms with Crippen molar-refractivity contribution in [3.05, 3.63) is 68.4 Å². The van der Waals surface area contributed by atoms with Gasteiger partial charge in [0, 0.05) is 13.1 Å². The molecule has 7 heteroatoms. The molecule has 2 aromatic carbocycles.